The zero-order chi connectivity index (χ0) is 10.8. The molecule has 0 unspecified atom stereocenters. The molecule has 0 aromatic heterocycles. The van der Waals surface area contributed by atoms with E-state index in [1.807, 2.05) is 0 Å². The maximum absolute atomic E-state index is 11.9. The summed E-state index contributed by atoms with van der Waals surface area (Å²) in [4.78, 5) is 10.6. The number of nitrogens with two attached hydrogens (primary N) is 1. The van der Waals surface area contributed by atoms with Crippen molar-refractivity contribution in [2.75, 3.05) is 0 Å². The fourth-order valence-corrected chi connectivity index (χ4v) is 1.45. The molecule has 76 valence electrons. The first-order chi connectivity index (χ1) is 6.38. The highest BCUT2D eigenvalue weighted by atomic mass is 32.2. The van der Waals surface area contributed by atoms with Gasteiger partial charge in [-0.15, -0.1) is 0 Å². The summed E-state index contributed by atoms with van der Waals surface area (Å²) in [5, 5.41) is 0. The van der Waals surface area contributed by atoms with Gasteiger partial charge in [-0.25, -0.2) is 0 Å². The maximum Gasteiger partial charge on any atom is 0.446 e. The van der Waals surface area contributed by atoms with Gasteiger partial charge in [-0.2, -0.15) is 13.2 Å². The fraction of sp³-hybridized carbons (Fsp3) is 0.125. The SMILES string of the molecule is NC(=O)c1cccc(SC(F)(F)F)c1. The number of hydrogen-bond acceptors (Lipinski definition) is 2. The highest BCUT2D eigenvalue weighted by Gasteiger charge is 2.29. The summed E-state index contributed by atoms with van der Waals surface area (Å²) in [6.45, 7) is 0. The second-order valence-electron chi connectivity index (χ2n) is 2.44. The molecule has 0 aliphatic carbocycles. The fourth-order valence-electron chi connectivity index (χ4n) is 0.846. The standard InChI is InChI=1S/C8H6F3NOS/c9-8(10,11)14-6-3-1-2-5(4-6)7(12)13/h1-4H,(H2,12,13). The molecular weight excluding hydrogens is 215 g/mol. The zero-order valence-electron chi connectivity index (χ0n) is 6.84. The number of primary amides is 1. The van der Waals surface area contributed by atoms with Gasteiger partial charge in [0.2, 0.25) is 5.91 Å². The van der Waals surface area contributed by atoms with Crippen LogP contribution in [0, 0.1) is 0 Å². The Labute approximate surface area is 82.3 Å². The van der Waals surface area contributed by atoms with E-state index < -0.39 is 11.4 Å². The third kappa shape index (κ3) is 3.29. The molecule has 14 heavy (non-hydrogen) atoms. The lowest BCUT2D eigenvalue weighted by atomic mass is 10.2. The number of hydrogen-bond donors (Lipinski definition) is 1. The second-order valence-corrected chi connectivity index (χ2v) is 3.58. The Morgan fingerprint density at radius 3 is 2.50 bits per heavy atom. The monoisotopic (exact) mass is 221 g/mol. The molecule has 1 aromatic carbocycles. The van der Waals surface area contributed by atoms with E-state index in [0.29, 0.717) is 0 Å². The molecule has 0 heterocycles. The van der Waals surface area contributed by atoms with Gasteiger partial charge in [-0.05, 0) is 30.0 Å². The van der Waals surface area contributed by atoms with E-state index in [0.717, 1.165) is 6.07 Å². The Morgan fingerprint density at radius 1 is 1.36 bits per heavy atom. The van der Waals surface area contributed by atoms with Crippen LogP contribution in [0.25, 0.3) is 0 Å². The first-order valence-electron chi connectivity index (χ1n) is 3.54. The second kappa shape index (κ2) is 3.91. The predicted octanol–water partition coefficient (Wildman–Crippen LogP) is 2.40. The quantitative estimate of drug-likeness (QED) is 0.779. The van der Waals surface area contributed by atoms with Gasteiger partial charge in [0, 0.05) is 10.5 Å². The highest BCUT2D eigenvalue weighted by Crippen LogP contribution is 2.36. The lowest BCUT2D eigenvalue weighted by Gasteiger charge is -2.05. The number of carbonyl (C=O) groups excluding carboxylic acids is 1. The number of carbonyl (C=O) groups is 1. The summed E-state index contributed by atoms with van der Waals surface area (Å²) in [7, 11) is 0. The Morgan fingerprint density at radius 2 is 2.00 bits per heavy atom. The molecule has 0 fully saturated rings. The molecule has 1 aromatic rings. The van der Waals surface area contributed by atoms with E-state index in [1.165, 1.54) is 18.2 Å². The van der Waals surface area contributed by atoms with Crippen LogP contribution in [-0.4, -0.2) is 11.4 Å². The molecule has 0 atom stereocenters. The van der Waals surface area contributed by atoms with Crippen LogP contribution in [0.4, 0.5) is 13.2 Å². The van der Waals surface area contributed by atoms with E-state index in [2.05, 4.69) is 0 Å². The lowest BCUT2D eigenvalue weighted by Crippen LogP contribution is -2.10. The van der Waals surface area contributed by atoms with E-state index in [-0.39, 0.29) is 22.2 Å². The molecule has 0 spiro atoms. The van der Waals surface area contributed by atoms with Crippen LogP contribution in [-0.2, 0) is 0 Å². The molecule has 1 amide bonds. The molecule has 0 radical (unpaired) electrons. The van der Waals surface area contributed by atoms with Crippen LogP contribution in [0.15, 0.2) is 29.2 Å². The number of amides is 1. The van der Waals surface area contributed by atoms with Gasteiger partial charge in [-0.1, -0.05) is 6.07 Å². The number of rotatable bonds is 2. The topological polar surface area (TPSA) is 43.1 Å². The van der Waals surface area contributed by atoms with E-state index in [9.17, 15) is 18.0 Å². The Hall–Kier alpha value is -1.17. The van der Waals surface area contributed by atoms with Crippen LogP contribution >= 0.6 is 11.8 Å². The van der Waals surface area contributed by atoms with Crippen LogP contribution < -0.4 is 5.73 Å². The molecule has 6 heteroatoms. The smallest absolute Gasteiger partial charge is 0.366 e. The van der Waals surface area contributed by atoms with Crippen molar-refractivity contribution < 1.29 is 18.0 Å². The van der Waals surface area contributed by atoms with Crippen molar-refractivity contribution in [2.45, 2.75) is 10.4 Å². The van der Waals surface area contributed by atoms with Gasteiger partial charge in [0.1, 0.15) is 0 Å². The summed E-state index contributed by atoms with van der Waals surface area (Å²) in [5.41, 5.74) is 0.635. The van der Waals surface area contributed by atoms with Crippen LogP contribution in [0.2, 0.25) is 0 Å². The van der Waals surface area contributed by atoms with Gasteiger partial charge in [0.05, 0.1) is 0 Å². The van der Waals surface area contributed by atoms with Crippen molar-refractivity contribution in [1.82, 2.24) is 0 Å². The average Bonchev–Trinajstić information content (AvgIpc) is 2.01. The first kappa shape index (κ1) is 10.9. The van der Waals surface area contributed by atoms with Crippen LogP contribution in [0.3, 0.4) is 0 Å². The molecular formula is C8H6F3NOS. The minimum Gasteiger partial charge on any atom is -0.366 e. The highest BCUT2D eigenvalue weighted by molar-refractivity contribution is 8.00. The van der Waals surface area contributed by atoms with Crippen molar-refractivity contribution in [1.29, 1.82) is 0 Å². The number of thioether (sulfide) groups is 1. The Kier molecular flexibility index (Phi) is 3.05. The summed E-state index contributed by atoms with van der Waals surface area (Å²) in [5.74, 6) is -0.741. The van der Waals surface area contributed by atoms with E-state index in [4.69, 9.17) is 5.73 Å². The molecule has 0 bridgehead atoms. The van der Waals surface area contributed by atoms with Crippen LogP contribution in [0.5, 0.6) is 0 Å². The van der Waals surface area contributed by atoms with Crippen molar-refractivity contribution in [3.63, 3.8) is 0 Å². The number of alkyl halides is 3. The summed E-state index contributed by atoms with van der Waals surface area (Å²) in [6.07, 6.45) is 0. The van der Waals surface area contributed by atoms with Crippen molar-refractivity contribution in [3.8, 4) is 0 Å². The molecule has 2 N–H and O–H groups in total. The molecule has 2 nitrogen and oxygen atoms in total. The predicted molar refractivity (Wildman–Crippen MR) is 46.9 cm³/mol. The zero-order valence-corrected chi connectivity index (χ0v) is 7.65. The Bertz CT molecular complexity index is 351. The van der Waals surface area contributed by atoms with Gasteiger partial charge in [0.15, 0.2) is 0 Å². The summed E-state index contributed by atoms with van der Waals surface area (Å²) >= 11 is -0.275. The average molecular weight is 221 g/mol. The molecule has 0 aliphatic rings. The maximum atomic E-state index is 11.9. The molecule has 0 saturated carbocycles. The first-order valence-corrected chi connectivity index (χ1v) is 4.36. The lowest BCUT2D eigenvalue weighted by molar-refractivity contribution is -0.0328. The minimum atomic E-state index is -4.35. The van der Waals surface area contributed by atoms with Crippen molar-refractivity contribution in [2.24, 2.45) is 5.73 Å². The van der Waals surface area contributed by atoms with Crippen molar-refractivity contribution >= 4 is 17.7 Å². The summed E-state index contributed by atoms with van der Waals surface area (Å²) < 4.78 is 35.8. The van der Waals surface area contributed by atoms with Crippen LogP contribution in [0.1, 0.15) is 10.4 Å². The normalized spacial score (nSPS) is 11.4. The van der Waals surface area contributed by atoms with Gasteiger partial charge >= 0.3 is 5.51 Å². The van der Waals surface area contributed by atoms with Crippen molar-refractivity contribution in [3.05, 3.63) is 29.8 Å². The third-order valence-corrected chi connectivity index (χ3v) is 2.07. The van der Waals surface area contributed by atoms with Gasteiger partial charge in [0.25, 0.3) is 0 Å². The Balaban J connectivity index is 2.89. The largest absolute Gasteiger partial charge is 0.446 e. The summed E-state index contributed by atoms with van der Waals surface area (Å²) in [6, 6.07) is 5.10. The number of halogens is 3. The van der Waals surface area contributed by atoms with E-state index in [1.54, 1.807) is 0 Å². The molecule has 0 saturated heterocycles. The molecule has 1 rings (SSSR count). The minimum absolute atomic E-state index is 0.0474. The number of benzene rings is 1. The third-order valence-electron chi connectivity index (χ3n) is 1.35. The van der Waals surface area contributed by atoms with Gasteiger partial charge < -0.3 is 5.73 Å². The van der Waals surface area contributed by atoms with E-state index >= 15 is 0 Å². The van der Waals surface area contributed by atoms with Gasteiger partial charge in [-0.3, -0.25) is 4.79 Å². The molecule has 0 aliphatic heterocycles.